The fraction of sp³-hybridized carbons (Fsp3) is 0.417. The first kappa shape index (κ1) is 9.25. The smallest absolute Gasteiger partial charge is 0.143 e. The van der Waals surface area contributed by atoms with Gasteiger partial charge in [0.05, 0.1) is 5.41 Å². The maximum Gasteiger partial charge on any atom is 0.143 e. The highest BCUT2D eigenvalue weighted by Gasteiger charge is 2.49. The molecule has 1 saturated carbocycles. The summed E-state index contributed by atoms with van der Waals surface area (Å²) in [5.41, 5.74) is 7.36. The summed E-state index contributed by atoms with van der Waals surface area (Å²) in [4.78, 5) is 11.8. The number of carbonyl (C=O) groups is 1. The van der Waals surface area contributed by atoms with Gasteiger partial charge in [-0.25, -0.2) is 0 Å². The van der Waals surface area contributed by atoms with Crippen LogP contribution in [-0.4, -0.2) is 5.78 Å². The van der Waals surface area contributed by atoms with Gasteiger partial charge in [0.25, 0.3) is 0 Å². The van der Waals surface area contributed by atoms with Crippen molar-refractivity contribution in [1.82, 2.24) is 0 Å². The molecular weight excluding hydrogens is 174 g/mol. The van der Waals surface area contributed by atoms with Crippen LogP contribution in [0.2, 0.25) is 0 Å². The Morgan fingerprint density at radius 1 is 1.36 bits per heavy atom. The number of hydrogen-bond donors (Lipinski definition) is 1. The maximum absolute atomic E-state index is 11.8. The summed E-state index contributed by atoms with van der Waals surface area (Å²) in [5, 5.41) is 0. The highest BCUT2D eigenvalue weighted by Crippen LogP contribution is 2.49. The molecule has 1 aromatic carbocycles. The first-order valence-corrected chi connectivity index (χ1v) is 5.08. The fourth-order valence-corrected chi connectivity index (χ4v) is 1.99. The molecule has 1 fully saturated rings. The first-order chi connectivity index (χ1) is 6.69. The monoisotopic (exact) mass is 189 g/mol. The Balaban J connectivity index is 2.31. The number of nitrogens with two attached hydrogens (primary N) is 1. The van der Waals surface area contributed by atoms with Crippen LogP contribution in [0.5, 0.6) is 0 Å². The number of Topliss-reactive ketones (excluding diaryl/α,β-unsaturated/α-hetero) is 1. The van der Waals surface area contributed by atoms with Gasteiger partial charge < -0.3 is 5.73 Å². The third-order valence-electron chi connectivity index (χ3n) is 3.07. The third kappa shape index (κ3) is 1.31. The lowest BCUT2D eigenvalue weighted by molar-refractivity contribution is -0.121. The molecule has 0 spiro atoms. The summed E-state index contributed by atoms with van der Waals surface area (Å²) in [6.45, 7) is 1.93. The van der Waals surface area contributed by atoms with E-state index in [9.17, 15) is 4.79 Å². The topological polar surface area (TPSA) is 43.1 Å². The summed E-state index contributed by atoms with van der Waals surface area (Å²) in [7, 11) is 0. The van der Waals surface area contributed by atoms with Gasteiger partial charge in [0.15, 0.2) is 0 Å². The van der Waals surface area contributed by atoms with Gasteiger partial charge in [0, 0.05) is 12.1 Å². The van der Waals surface area contributed by atoms with E-state index in [-0.39, 0.29) is 5.41 Å². The van der Waals surface area contributed by atoms with E-state index >= 15 is 0 Å². The summed E-state index contributed by atoms with van der Waals surface area (Å²) in [6, 6.07) is 7.71. The molecular formula is C12H15NO. The lowest BCUT2D eigenvalue weighted by atomic mass is 9.90. The van der Waals surface area contributed by atoms with Crippen LogP contribution in [0.3, 0.4) is 0 Å². The minimum atomic E-state index is -0.150. The molecule has 0 radical (unpaired) electrons. The Kier molecular flexibility index (Phi) is 2.06. The normalized spacial score (nSPS) is 17.8. The van der Waals surface area contributed by atoms with Crippen LogP contribution < -0.4 is 5.73 Å². The number of nitrogen functional groups attached to an aromatic ring is 1. The molecule has 0 saturated heterocycles. The number of benzene rings is 1. The zero-order valence-electron chi connectivity index (χ0n) is 8.42. The second-order valence-corrected chi connectivity index (χ2v) is 3.98. The van der Waals surface area contributed by atoms with Crippen molar-refractivity contribution in [3.8, 4) is 0 Å². The quantitative estimate of drug-likeness (QED) is 0.741. The van der Waals surface area contributed by atoms with E-state index in [2.05, 4.69) is 0 Å². The number of rotatable bonds is 3. The largest absolute Gasteiger partial charge is 0.399 e. The predicted molar refractivity (Wildman–Crippen MR) is 57.1 cm³/mol. The molecule has 1 aromatic rings. The summed E-state index contributed by atoms with van der Waals surface area (Å²) < 4.78 is 0. The van der Waals surface area contributed by atoms with Crippen LogP contribution in [0, 0.1) is 0 Å². The molecule has 0 bridgehead atoms. The Labute approximate surface area is 84.1 Å². The Morgan fingerprint density at radius 2 is 1.93 bits per heavy atom. The van der Waals surface area contributed by atoms with Crippen LogP contribution in [0.25, 0.3) is 0 Å². The molecule has 2 rings (SSSR count). The SMILES string of the molecule is CCC(=O)C1(c2ccc(N)cc2)CC1. The van der Waals surface area contributed by atoms with Gasteiger partial charge in [-0.3, -0.25) is 4.79 Å². The Hall–Kier alpha value is -1.31. The van der Waals surface area contributed by atoms with E-state index in [0.29, 0.717) is 12.2 Å². The van der Waals surface area contributed by atoms with E-state index in [1.807, 2.05) is 31.2 Å². The minimum absolute atomic E-state index is 0.150. The van der Waals surface area contributed by atoms with Crippen molar-refractivity contribution >= 4 is 11.5 Å². The molecule has 0 atom stereocenters. The van der Waals surface area contributed by atoms with Crippen LogP contribution in [0.4, 0.5) is 5.69 Å². The van der Waals surface area contributed by atoms with Crippen LogP contribution in [0.1, 0.15) is 31.7 Å². The van der Waals surface area contributed by atoms with E-state index < -0.39 is 0 Å². The fourth-order valence-electron chi connectivity index (χ4n) is 1.99. The van der Waals surface area contributed by atoms with Crippen molar-refractivity contribution in [3.63, 3.8) is 0 Å². The van der Waals surface area contributed by atoms with Crippen molar-refractivity contribution in [2.75, 3.05) is 5.73 Å². The summed E-state index contributed by atoms with van der Waals surface area (Å²) in [6.07, 6.45) is 2.64. The van der Waals surface area contributed by atoms with Crippen LogP contribution in [-0.2, 0) is 10.2 Å². The average Bonchev–Trinajstić information content (AvgIpc) is 2.99. The van der Waals surface area contributed by atoms with E-state index in [4.69, 9.17) is 5.73 Å². The molecule has 0 aliphatic heterocycles. The van der Waals surface area contributed by atoms with Gasteiger partial charge in [-0.1, -0.05) is 19.1 Å². The lowest BCUT2D eigenvalue weighted by Crippen LogP contribution is -2.19. The summed E-state index contributed by atoms with van der Waals surface area (Å²) in [5.74, 6) is 0.363. The standard InChI is InChI=1S/C12H15NO/c1-2-11(14)12(7-8-12)9-3-5-10(13)6-4-9/h3-6H,2,7-8,13H2,1H3. The van der Waals surface area contributed by atoms with Gasteiger partial charge in [-0.15, -0.1) is 0 Å². The van der Waals surface area contributed by atoms with Crippen molar-refractivity contribution in [2.24, 2.45) is 0 Å². The molecule has 0 aromatic heterocycles. The average molecular weight is 189 g/mol. The second kappa shape index (κ2) is 3.12. The molecule has 0 heterocycles. The molecule has 2 N–H and O–H groups in total. The van der Waals surface area contributed by atoms with Crippen LogP contribution in [0.15, 0.2) is 24.3 Å². The highest BCUT2D eigenvalue weighted by atomic mass is 16.1. The van der Waals surface area contributed by atoms with Gasteiger partial charge in [0.2, 0.25) is 0 Å². The van der Waals surface area contributed by atoms with E-state index in [1.54, 1.807) is 0 Å². The molecule has 0 unspecified atom stereocenters. The molecule has 2 nitrogen and oxygen atoms in total. The van der Waals surface area contributed by atoms with Gasteiger partial charge in [-0.2, -0.15) is 0 Å². The maximum atomic E-state index is 11.8. The van der Waals surface area contributed by atoms with Crippen LogP contribution >= 0.6 is 0 Å². The Morgan fingerprint density at radius 3 is 2.36 bits per heavy atom. The number of ketones is 1. The van der Waals surface area contributed by atoms with E-state index in [1.165, 1.54) is 0 Å². The first-order valence-electron chi connectivity index (χ1n) is 5.08. The molecule has 1 aliphatic carbocycles. The molecule has 74 valence electrons. The second-order valence-electron chi connectivity index (χ2n) is 3.98. The Bertz CT molecular complexity index is 349. The van der Waals surface area contributed by atoms with Gasteiger partial charge in [0.1, 0.15) is 5.78 Å². The number of hydrogen-bond acceptors (Lipinski definition) is 2. The summed E-state index contributed by atoms with van der Waals surface area (Å²) >= 11 is 0. The molecule has 2 heteroatoms. The third-order valence-corrected chi connectivity index (χ3v) is 3.07. The van der Waals surface area contributed by atoms with E-state index in [0.717, 1.165) is 24.1 Å². The van der Waals surface area contributed by atoms with Crippen molar-refractivity contribution < 1.29 is 4.79 Å². The lowest BCUT2D eigenvalue weighted by Gasteiger charge is -2.13. The van der Waals surface area contributed by atoms with Gasteiger partial charge >= 0.3 is 0 Å². The van der Waals surface area contributed by atoms with Crippen molar-refractivity contribution in [2.45, 2.75) is 31.6 Å². The van der Waals surface area contributed by atoms with Crippen molar-refractivity contribution in [1.29, 1.82) is 0 Å². The predicted octanol–water partition coefficient (Wildman–Crippen LogP) is 2.28. The highest BCUT2D eigenvalue weighted by molar-refractivity contribution is 5.92. The number of carbonyl (C=O) groups excluding carboxylic acids is 1. The van der Waals surface area contributed by atoms with Gasteiger partial charge in [-0.05, 0) is 30.5 Å². The zero-order chi connectivity index (χ0) is 10.2. The zero-order valence-corrected chi connectivity index (χ0v) is 8.42. The minimum Gasteiger partial charge on any atom is -0.399 e. The molecule has 0 amide bonds. The van der Waals surface area contributed by atoms with Crippen molar-refractivity contribution in [3.05, 3.63) is 29.8 Å². The molecule has 1 aliphatic rings. The number of anilines is 1. The molecule has 14 heavy (non-hydrogen) atoms.